The fraction of sp³-hybridized carbons (Fsp3) is 0.727. The van der Waals surface area contributed by atoms with Crippen LogP contribution in [0, 0.1) is 5.92 Å². The molecule has 14 heavy (non-hydrogen) atoms. The summed E-state index contributed by atoms with van der Waals surface area (Å²) in [6.07, 6.45) is 5.52. The number of carbonyl (C=O) groups excluding carboxylic acids is 1. The van der Waals surface area contributed by atoms with Gasteiger partial charge in [0.2, 0.25) is 0 Å². The molecule has 0 aromatic heterocycles. The van der Waals surface area contributed by atoms with Crippen LogP contribution in [0.3, 0.4) is 0 Å². The van der Waals surface area contributed by atoms with Crippen LogP contribution in [0.1, 0.15) is 32.6 Å². The van der Waals surface area contributed by atoms with E-state index in [4.69, 9.17) is 9.47 Å². The molecule has 0 saturated carbocycles. The summed E-state index contributed by atoms with van der Waals surface area (Å²) in [7, 11) is 1.69. The first-order chi connectivity index (χ1) is 6.76. The molecule has 1 unspecified atom stereocenters. The number of methoxy groups -OCH3 is 1. The predicted molar refractivity (Wildman–Crippen MR) is 53.7 cm³/mol. The lowest BCUT2D eigenvalue weighted by Gasteiger charge is -2.20. The van der Waals surface area contributed by atoms with Crippen molar-refractivity contribution >= 4 is 5.97 Å². The van der Waals surface area contributed by atoms with Crippen molar-refractivity contribution in [3.63, 3.8) is 0 Å². The summed E-state index contributed by atoms with van der Waals surface area (Å²) in [5, 5.41) is 0. The summed E-state index contributed by atoms with van der Waals surface area (Å²) in [4.78, 5) is 11.2. The molecule has 0 heterocycles. The topological polar surface area (TPSA) is 35.5 Å². The molecule has 0 fully saturated rings. The molecule has 1 rings (SSSR count). The highest BCUT2D eigenvalue weighted by Crippen LogP contribution is 2.26. The summed E-state index contributed by atoms with van der Waals surface area (Å²) in [6, 6.07) is 0. The molecular formula is C11H18O3. The zero-order valence-electron chi connectivity index (χ0n) is 8.91. The van der Waals surface area contributed by atoms with Gasteiger partial charge in [-0.15, -0.1) is 0 Å². The Hall–Kier alpha value is -0.990. The van der Waals surface area contributed by atoms with Crippen molar-refractivity contribution in [2.24, 2.45) is 5.92 Å². The Morgan fingerprint density at radius 3 is 2.93 bits per heavy atom. The molecule has 0 aliphatic heterocycles. The largest absolute Gasteiger partial charge is 0.501 e. The van der Waals surface area contributed by atoms with Crippen molar-refractivity contribution in [1.29, 1.82) is 0 Å². The number of esters is 1. The molecule has 1 aliphatic rings. The van der Waals surface area contributed by atoms with E-state index in [1.807, 2.05) is 6.92 Å². The summed E-state index contributed by atoms with van der Waals surface area (Å²) in [5.41, 5.74) is 0. The van der Waals surface area contributed by atoms with Crippen LogP contribution < -0.4 is 0 Å². The highest BCUT2D eigenvalue weighted by atomic mass is 16.5. The molecule has 0 aromatic carbocycles. The summed E-state index contributed by atoms with van der Waals surface area (Å²) in [5.74, 6) is 1.41. The smallest absolute Gasteiger partial charge is 0.306 e. The maximum Gasteiger partial charge on any atom is 0.306 e. The van der Waals surface area contributed by atoms with Gasteiger partial charge in [0.25, 0.3) is 0 Å². The molecule has 0 amide bonds. The Balaban J connectivity index is 2.29. The molecule has 0 N–H and O–H groups in total. The Morgan fingerprint density at radius 1 is 1.64 bits per heavy atom. The first-order valence-electron chi connectivity index (χ1n) is 5.15. The first-order valence-corrected chi connectivity index (χ1v) is 5.15. The SMILES string of the molecule is CCOC(=O)CC1CC=C(OC)CC1. The second-order valence-electron chi connectivity index (χ2n) is 3.52. The summed E-state index contributed by atoms with van der Waals surface area (Å²) in [6.45, 7) is 2.31. The van der Waals surface area contributed by atoms with Crippen molar-refractivity contribution < 1.29 is 14.3 Å². The summed E-state index contributed by atoms with van der Waals surface area (Å²) < 4.78 is 10.0. The molecule has 0 aromatic rings. The van der Waals surface area contributed by atoms with Gasteiger partial charge in [0.15, 0.2) is 0 Å². The molecule has 0 radical (unpaired) electrons. The lowest BCUT2D eigenvalue weighted by molar-refractivity contribution is -0.144. The fourth-order valence-corrected chi connectivity index (χ4v) is 1.69. The maximum absolute atomic E-state index is 11.2. The van der Waals surface area contributed by atoms with Crippen molar-refractivity contribution in [3.8, 4) is 0 Å². The van der Waals surface area contributed by atoms with Gasteiger partial charge < -0.3 is 9.47 Å². The van der Waals surface area contributed by atoms with Gasteiger partial charge in [-0.1, -0.05) is 0 Å². The molecule has 3 nitrogen and oxygen atoms in total. The molecule has 1 atom stereocenters. The second kappa shape index (κ2) is 5.68. The van der Waals surface area contributed by atoms with Crippen LogP contribution in [0.25, 0.3) is 0 Å². The molecule has 1 aliphatic carbocycles. The zero-order chi connectivity index (χ0) is 10.4. The Bertz CT molecular complexity index is 221. The van der Waals surface area contributed by atoms with Gasteiger partial charge in [-0.05, 0) is 31.8 Å². The number of rotatable bonds is 4. The highest BCUT2D eigenvalue weighted by molar-refractivity contribution is 5.69. The van der Waals surface area contributed by atoms with Crippen molar-refractivity contribution in [3.05, 3.63) is 11.8 Å². The van der Waals surface area contributed by atoms with Crippen molar-refractivity contribution in [1.82, 2.24) is 0 Å². The standard InChI is InChI=1S/C11H18O3/c1-3-14-11(12)8-9-4-6-10(13-2)7-5-9/h6,9H,3-5,7-8H2,1-2H3. The molecule has 0 spiro atoms. The van der Waals surface area contributed by atoms with Gasteiger partial charge in [-0.2, -0.15) is 0 Å². The van der Waals surface area contributed by atoms with E-state index in [0.717, 1.165) is 25.0 Å². The van der Waals surface area contributed by atoms with Gasteiger partial charge in [0.05, 0.1) is 19.5 Å². The second-order valence-corrected chi connectivity index (χ2v) is 3.52. The fourth-order valence-electron chi connectivity index (χ4n) is 1.69. The molecule has 3 heteroatoms. The normalized spacial score (nSPS) is 21.3. The lowest BCUT2D eigenvalue weighted by Crippen LogP contribution is -2.14. The van der Waals surface area contributed by atoms with E-state index in [2.05, 4.69) is 6.08 Å². The van der Waals surface area contributed by atoms with Gasteiger partial charge in [-0.25, -0.2) is 0 Å². The van der Waals surface area contributed by atoms with Gasteiger partial charge in [0, 0.05) is 12.8 Å². The van der Waals surface area contributed by atoms with E-state index in [9.17, 15) is 4.79 Å². The van der Waals surface area contributed by atoms with E-state index < -0.39 is 0 Å². The monoisotopic (exact) mass is 198 g/mol. The number of hydrogen-bond acceptors (Lipinski definition) is 3. The maximum atomic E-state index is 11.2. The van der Waals surface area contributed by atoms with Crippen LogP contribution in [0.4, 0.5) is 0 Å². The number of allylic oxidation sites excluding steroid dienone is 2. The molecule has 0 saturated heterocycles. The third kappa shape index (κ3) is 3.40. The van der Waals surface area contributed by atoms with Crippen LogP contribution in [0.15, 0.2) is 11.8 Å². The summed E-state index contributed by atoms with van der Waals surface area (Å²) >= 11 is 0. The molecular weight excluding hydrogens is 180 g/mol. The van der Waals surface area contributed by atoms with Crippen LogP contribution in [-0.2, 0) is 14.3 Å². The zero-order valence-corrected chi connectivity index (χ0v) is 8.91. The molecule has 0 bridgehead atoms. The van der Waals surface area contributed by atoms with Crippen LogP contribution in [0.2, 0.25) is 0 Å². The molecule has 80 valence electrons. The average Bonchev–Trinajstić information content (AvgIpc) is 2.19. The van der Waals surface area contributed by atoms with E-state index in [0.29, 0.717) is 18.9 Å². The lowest BCUT2D eigenvalue weighted by atomic mass is 9.90. The average molecular weight is 198 g/mol. The van der Waals surface area contributed by atoms with E-state index in [1.54, 1.807) is 7.11 Å². The third-order valence-electron chi connectivity index (χ3n) is 2.50. The Kier molecular flexibility index (Phi) is 4.50. The van der Waals surface area contributed by atoms with E-state index >= 15 is 0 Å². The van der Waals surface area contributed by atoms with Crippen LogP contribution in [0.5, 0.6) is 0 Å². The minimum Gasteiger partial charge on any atom is -0.501 e. The van der Waals surface area contributed by atoms with Gasteiger partial charge in [0.1, 0.15) is 0 Å². The van der Waals surface area contributed by atoms with E-state index in [-0.39, 0.29) is 5.97 Å². The Labute approximate surface area is 85.1 Å². The quantitative estimate of drug-likeness (QED) is 0.650. The first kappa shape index (κ1) is 11.1. The highest BCUT2D eigenvalue weighted by Gasteiger charge is 2.18. The minimum absolute atomic E-state index is 0.0771. The third-order valence-corrected chi connectivity index (χ3v) is 2.50. The van der Waals surface area contributed by atoms with Crippen molar-refractivity contribution in [2.75, 3.05) is 13.7 Å². The van der Waals surface area contributed by atoms with Crippen LogP contribution >= 0.6 is 0 Å². The number of hydrogen-bond donors (Lipinski definition) is 0. The van der Waals surface area contributed by atoms with Gasteiger partial charge in [-0.3, -0.25) is 4.79 Å². The van der Waals surface area contributed by atoms with Gasteiger partial charge >= 0.3 is 5.97 Å². The van der Waals surface area contributed by atoms with Crippen molar-refractivity contribution in [2.45, 2.75) is 32.6 Å². The number of ether oxygens (including phenoxy) is 2. The van der Waals surface area contributed by atoms with E-state index in [1.165, 1.54) is 0 Å². The number of carbonyl (C=O) groups is 1. The minimum atomic E-state index is -0.0771. The van der Waals surface area contributed by atoms with Crippen LogP contribution in [-0.4, -0.2) is 19.7 Å². The Morgan fingerprint density at radius 2 is 2.43 bits per heavy atom. The predicted octanol–water partition coefficient (Wildman–Crippen LogP) is 2.27.